The summed E-state index contributed by atoms with van der Waals surface area (Å²) >= 11 is 0. The normalized spacial score (nSPS) is 11.8. The fraction of sp³-hybridized carbons (Fsp3) is 0.208. The third-order valence-corrected chi connectivity index (χ3v) is 9.82. The van der Waals surface area contributed by atoms with Crippen molar-refractivity contribution in [3.05, 3.63) is 183 Å². The van der Waals surface area contributed by atoms with Crippen molar-refractivity contribution < 1.29 is 58.9 Å². The Bertz CT molecular complexity index is 2570. The van der Waals surface area contributed by atoms with E-state index < -0.39 is 91.9 Å². The summed E-state index contributed by atoms with van der Waals surface area (Å²) in [5, 5.41) is 0. The Balaban J connectivity index is 1.14. The Kier molecular flexibility index (Phi) is 12.2. The lowest BCUT2D eigenvalue weighted by Crippen LogP contribution is -2.23. The van der Waals surface area contributed by atoms with Gasteiger partial charge in [0.15, 0.2) is 46.5 Å². The van der Waals surface area contributed by atoms with Gasteiger partial charge in [0.2, 0.25) is 17.4 Å². The van der Waals surface area contributed by atoms with Crippen LogP contribution < -0.4 is 14.2 Å². The van der Waals surface area contributed by atoms with Gasteiger partial charge >= 0.3 is 0 Å². The zero-order valence-electron chi connectivity index (χ0n) is 33.9. The van der Waals surface area contributed by atoms with Gasteiger partial charge in [-0.05, 0) is 111 Å². The summed E-state index contributed by atoms with van der Waals surface area (Å²) in [4.78, 5) is 26.1. The van der Waals surface area contributed by atoms with E-state index in [1.54, 1.807) is 12.1 Å². The smallest absolute Gasteiger partial charge is 0.205 e. The number of rotatable bonds is 12. The number of hydrogen-bond acceptors (Lipinski definition) is 5. The van der Waals surface area contributed by atoms with E-state index in [4.69, 9.17) is 14.2 Å². The molecule has 6 aromatic rings. The van der Waals surface area contributed by atoms with E-state index in [1.807, 2.05) is 58.9 Å². The average Bonchev–Trinajstić information content (AvgIpc) is 3.21. The van der Waals surface area contributed by atoms with E-state index in [9.17, 15) is 27.2 Å². The number of carbonyl (C=O) groups is 2. The summed E-state index contributed by atoms with van der Waals surface area (Å²) < 4.78 is 137. The molecule has 0 bridgehead atoms. The van der Waals surface area contributed by atoms with Crippen molar-refractivity contribution in [2.24, 2.45) is 0 Å². The van der Waals surface area contributed by atoms with Gasteiger partial charge in [0.25, 0.3) is 0 Å². The number of hydrogen-bond donors (Lipinski definition) is 0. The molecule has 0 radical (unpaired) electrons. The van der Waals surface area contributed by atoms with E-state index in [1.165, 1.54) is 50.2 Å². The summed E-state index contributed by atoms with van der Waals surface area (Å²) in [5.74, 6) is -19.2. The summed E-state index contributed by atoms with van der Waals surface area (Å²) in [5.41, 5.74) is -3.62. The molecule has 0 aromatic heterocycles. The molecule has 0 amide bonds. The second-order valence-corrected chi connectivity index (χ2v) is 16.0. The lowest BCUT2D eigenvalue weighted by atomic mass is 9.78. The molecule has 0 aliphatic carbocycles. The maximum absolute atomic E-state index is 15.3. The van der Waals surface area contributed by atoms with E-state index in [2.05, 4.69) is 0 Å². The summed E-state index contributed by atoms with van der Waals surface area (Å²) in [6.45, 7) is 12.4. The van der Waals surface area contributed by atoms with Crippen molar-refractivity contribution >= 4 is 11.6 Å². The highest BCUT2D eigenvalue weighted by Crippen LogP contribution is 2.38. The van der Waals surface area contributed by atoms with Crippen LogP contribution in [0.15, 0.2) is 97.1 Å². The molecule has 0 unspecified atom stereocenters. The maximum atomic E-state index is 15.3. The molecule has 0 fully saturated rings. The molecule has 0 saturated carbocycles. The summed E-state index contributed by atoms with van der Waals surface area (Å²) in [7, 11) is 0. The van der Waals surface area contributed by atoms with E-state index in [0.29, 0.717) is 5.75 Å². The number of ether oxygens (including phenoxy) is 3. The van der Waals surface area contributed by atoms with E-state index in [-0.39, 0.29) is 34.0 Å². The van der Waals surface area contributed by atoms with Crippen LogP contribution in [0.25, 0.3) is 0 Å². The quantitative estimate of drug-likeness (QED) is 0.0697. The Morgan fingerprint density at radius 1 is 0.443 bits per heavy atom. The molecular formula is C48H38F8O5. The first-order valence-corrected chi connectivity index (χ1v) is 18.9. The molecule has 5 nitrogen and oxygen atoms in total. The van der Waals surface area contributed by atoms with Crippen LogP contribution in [0.4, 0.5) is 35.1 Å². The van der Waals surface area contributed by atoms with Gasteiger partial charge in [0.05, 0.1) is 0 Å². The Hall–Kier alpha value is -6.50. The van der Waals surface area contributed by atoms with Crippen molar-refractivity contribution in [3.8, 4) is 28.7 Å². The van der Waals surface area contributed by atoms with Gasteiger partial charge in [-0.1, -0.05) is 52.0 Å². The molecule has 0 heterocycles. The van der Waals surface area contributed by atoms with Gasteiger partial charge in [0.1, 0.15) is 39.7 Å². The molecule has 6 rings (SSSR count). The first-order valence-electron chi connectivity index (χ1n) is 18.9. The van der Waals surface area contributed by atoms with Gasteiger partial charge in [-0.25, -0.2) is 26.3 Å². The Morgan fingerprint density at radius 2 is 0.770 bits per heavy atom. The fourth-order valence-electron chi connectivity index (χ4n) is 6.55. The van der Waals surface area contributed by atoms with E-state index >= 15 is 17.6 Å². The molecule has 0 aliphatic rings. The van der Waals surface area contributed by atoms with Crippen LogP contribution in [0.1, 0.15) is 103 Å². The standard InChI is InChI=1S/C48H38F8O5/c1-24(2)33-36(49)38(51)34(39(52)37(33)50)44(57)25-8-16-29(17-9-25)59-30-18-10-26(11-19-30)45(58)35-40(53)42(55)46(43(56)41(35)54)60-31-20-12-27(13-21-31)48(6,7)28-14-22-32(23-15-28)61-47(3,4)5/h8-24H,1-7H3. The van der Waals surface area contributed by atoms with Gasteiger partial charge in [0, 0.05) is 22.1 Å². The molecule has 0 atom stereocenters. The Morgan fingerprint density at radius 3 is 1.13 bits per heavy atom. The molecule has 0 spiro atoms. The zero-order valence-corrected chi connectivity index (χ0v) is 33.9. The average molecular weight is 847 g/mol. The zero-order chi connectivity index (χ0) is 44.7. The van der Waals surface area contributed by atoms with Gasteiger partial charge in [-0.15, -0.1) is 0 Å². The molecule has 0 saturated heterocycles. The molecule has 61 heavy (non-hydrogen) atoms. The second-order valence-electron chi connectivity index (χ2n) is 16.0. The number of benzene rings is 6. The van der Waals surface area contributed by atoms with Crippen LogP contribution in [-0.4, -0.2) is 17.2 Å². The van der Waals surface area contributed by atoms with Crippen molar-refractivity contribution in [2.45, 2.75) is 65.4 Å². The molecule has 0 N–H and O–H groups in total. The maximum Gasteiger partial charge on any atom is 0.205 e. The second kappa shape index (κ2) is 16.9. The van der Waals surface area contributed by atoms with Crippen molar-refractivity contribution in [1.29, 1.82) is 0 Å². The lowest BCUT2D eigenvalue weighted by Gasteiger charge is -2.27. The van der Waals surface area contributed by atoms with Crippen LogP contribution in [0.3, 0.4) is 0 Å². The van der Waals surface area contributed by atoms with Crippen LogP contribution in [0.5, 0.6) is 28.7 Å². The molecule has 6 aromatic carbocycles. The predicted molar refractivity (Wildman–Crippen MR) is 212 cm³/mol. The van der Waals surface area contributed by atoms with E-state index in [0.717, 1.165) is 35.4 Å². The SMILES string of the molecule is CC(C)c1c(F)c(F)c(C(=O)c2ccc(Oc3ccc(C(=O)c4c(F)c(F)c(Oc5ccc(C(C)(C)c6ccc(OC(C)(C)C)cc6)cc5)c(F)c4F)cc3)cc2)c(F)c1F. The largest absolute Gasteiger partial charge is 0.488 e. The van der Waals surface area contributed by atoms with Gasteiger partial charge in [-0.3, -0.25) is 9.59 Å². The number of ketones is 2. The minimum absolute atomic E-state index is 0.0428. The first-order chi connectivity index (χ1) is 28.6. The van der Waals surface area contributed by atoms with Crippen LogP contribution in [0.2, 0.25) is 0 Å². The minimum atomic E-state index is -1.98. The highest BCUT2D eigenvalue weighted by atomic mass is 19.2. The molecule has 0 aliphatic heterocycles. The highest BCUT2D eigenvalue weighted by Gasteiger charge is 2.33. The lowest BCUT2D eigenvalue weighted by molar-refractivity contribution is 0.102. The van der Waals surface area contributed by atoms with Crippen LogP contribution in [-0.2, 0) is 5.41 Å². The molecular weight excluding hydrogens is 809 g/mol. The molecule has 316 valence electrons. The van der Waals surface area contributed by atoms with Crippen molar-refractivity contribution in [3.63, 3.8) is 0 Å². The summed E-state index contributed by atoms with van der Waals surface area (Å²) in [6, 6.07) is 22.7. The number of halogens is 8. The highest BCUT2D eigenvalue weighted by molar-refractivity contribution is 6.10. The first kappa shape index (κ1) is 44.1. The Labute approximate surface area is 346 Å². The van der Waals surface area contributed by atoms with Gasteiger partial charge < -0.3 is 14.2 Å². The van der Waals surface area contributed by atoms with Crippen molar-refractivity contribution in [1.82, 2.24) is 0 Å². The summed E-state index contributed by atoms with van der Waals surface area (Å²) in [6.07, 6.45) is 0. The van der Waals surface area contributed by atoms with Crippen LogP contribution in [0, 0.1) is 46.5 Å². The predicted octanol–water partition coefficient (Wildman–Crippen LogP) is 13.5. The van der Waals surface area contributed by atoms with Crippen LogP contribution >= 0.6 is 0 Å². The monoisotopic (exact) mass is 846 g/mol. The fourth-order valence-corrected chi connectivity index (χ4v) is 6.55. The molecule has 13 heteroatoms. The third-order valence-electron chi connectivity index (χ3n) is 9.82. The van der Waals surface area contributed by atoms with Crippen molar-refractivity contribution in [2.75, 3.05) is 0 Å². The third kappa shape index (κ3) is 8.87. The topological polar surface area (TPSA) is 61.8 Å². The number of carbonyl (C=O) groups excluding carboxylic acids is 2. The van der Waals surface area contributed by atoms with Gasteiger partial charge in [-0.2, -0.15) is 8.78 Å². The minimum Gasteiger partial charge on any atom is -0.488 e.